The van der Waals surface area contributed by atoms with Crippen molar-refractivity contribution in [3.8, 4) is 0 Å². The smallest absolute Gasteiger partial charge is 0.264 e. The van der Waals surface area contributed by atoms with E-state index >= 15 is 0 Å². The SMILES string of the molecule is O=S(=O)(O)CCCCCCCCCCCCCc1ccccc1. The lowest BCUT2D eigenvalue weighted by molar-refractivity contribution is 0.478. The Labute approximate surface area is 142 Å². The van der Waals surface area contributed by atoms with Crippen LogP contribution in [-0.4, -0.2) is 18.7 Å². The molecule has 0 aromatic heterocycles. The van der Waals surface area contributed by atoms with E-state index in [9.17, 15) is 8.42 Å². The maximum atomic E-state index is 10.5. The highest BCUT2D eigenvalue weighted by atomic mass is 32.2. The van der Waals surface area contributed by atoms with Crippen LogP contribution < -0.4 is 0 Å². The molecule has 3 nitrogen and oxygen atoms in total. The summed E-state index contributed by atoms with van der Waals surface area (Å²) in [6.07, 6.45) is 14.1. The number of aryl methyl sites for hydroxylation is 1. The van der Waals surface area contributed by atoms with Crippen molar-refractivity contribution in [1.29, 1.82) is 0 Å². The fourth-order valence-electron chi connectivity index (χ4n) is 2.85. The quantitative estimate of drug-likeness (QED) is 0.364. The Bertz CT molecular complexity index is 483. The molecule has 0 spiro atoms. The van der Waals surface area contributed by atoms with E-state index in [-0.39, 0.29) is 5.75 Å². The van der Waals surface area contributed by atoms with Crippen LogP contribution in [0.1, 0.15) is 76.2 Å². The first-order valence-corrected chi connectivity index (χ1v) is 10.7. The van der Waals surface area contributed by atoms with E-state index in [1.807, 2.05) is 0 Å². The monoisotopic (exact) mass is 340 g/mol. The van der Waals surface area contributed by atoms with Crippen molar-refractivity contribution >= 4 is 10.1 Å². The highest BCUT2D eigenvalue weighted by Crippen LogP contribution is 2.13. The third-order valence-corrected chi connectivity index (χ3v) is 5.02. The van der Waals surface area contributed by atoms with E-state index in [1.54, 1.807) is 0 Å². The van der Waals surface area contributed by atoms with Crippen LogP contribution in [0.3, 0.4) is 0 Å². The summed E-state index contributed by atoms with van der Waals surface area (Å²) in [6.45, 7) is 0. The zero-order chi connectivity index (χ0) is 16.8. The first kappa shape index (κ1) is 20.2. The molecule has 1 rings (SSSR count). The van der Waals surface area contributed by atoms with E-state index in [2.05, 4.69) is 30.3 Å². The van der Waals surface area contributed by atoms with Crippen LogP contribution in [-0.2, 0) is 16.5 Å². The summed E-state index contributed by atoms with van der Waals surface area (Å²) >= 11 is 0. The third kappa shape index (κ3) is 13.3. The Morgan fingerprint density at radius 2 is 1.09 bits per heavy atom. The molecular formula is C19H32O3S. The third-order valence-electron chi connectivity index (χ3n) is 4.21. The van der Waals surface area contributed by atoms with Crippen LogP contribution in [0.4, 0.5) is 0 Å². The molecule has 0 amide bonds. The summed E-state index contributed by atoms with van der Waals surface area (Å²) < 4.78 is 29.7. The van der Waals surface area contributed by atoms with E-state index in [0.29, 0.717) is 6.42 Å². The molecule has 0 aliphatic heterocycles. The molecule has 132 valence electrons. The van der Waals surface area contributed by atoms with Gasteiger partial charge in [0.05, 0.1) is 5.75 Å². The van der Waals surface area contributed by atoms with Gasteiger partial charge >= 0.3 is 0 Å². The topological polar surface area (TPSA) is 54.4 Å². The molecule has 0 heterocycles. The van der Waals surface area contributed by atoms with Gasteiger partial charge in [-0.1, -0.05) is 88.1 Å². The lowest BCUT2D eigenvalue weighted by Crippen LogP contribution is -2.03. The van der Waals surface area contributed by atoms with Crippen molar-refractivity contribution in [3.63, 3.8) is 0 Å². The van der Waals surface area contributed by atoms with E-state index < -0.39 is 10.1 Å². The van der Waals surface area contributed by atoms with Gasteiger partial charge < -0.3 is 0 Å². The second-order valence-electron chi connectivity index (χ2n) is 6.41. The van der Waals surface area contributed by atoms with Crippen molar-refractivity contribution < 1.29 is 13.0 Å². The van der Waals surface area contributed by atoms with Crippen molar-refractivity contribution in [2.24, 2.45) is 0 Å². The van der Waals surface area contributed by atoms with Crippen molar-refractivity contribution in [3.05, 3.63) is 35.9 Å². The minimum absolute atomic E-state index is 0.0873. The highest BCUT2D eigenvalue weighted by molar-refractivity contribution is 7.85. The van der Waals surface area contributed by atoms with Gasteiger partial charge in [-0.15, -0.1) is 0 Å². The zero-order valence-corrected chi connectivity index (χ0v) is 15.1. The molecule has 0 bridgehead atoms. The predicted molar refractivity (Wildman–Crippen MR) is 97.3 cm³/mol. The summed E-state index contributed by atoms with van der Waals surface area (Å²) in [7, 11) is -3.75. The van der Waals surface area contributed by atoms with Gasteiger partial charge in [0, 0.05) is 0 Å². The van der Waals surface area contributed by atoms with E-state index in [0.717, 1.165) is 12.8 Å². The van der Waals surface area contributed by atoms with Crippen molar-refractivity contribution in [1.82, 2.24) is 0 Å². The lowest BCUT2D eigenvalue weighted by Gasteiger charge is -2.03. The summed E-state index contributed by atoms with van der Waals surface area (Å²) in [6, 6.07) is 10.7. The molecule has 1 N–H and O–H groups in total. The minimum Gasteiger partial charge on any atom is -0.286 e. The van der Waals surface area contributed by atoms with E-state index in [4.69, 9.17) is 4.55 Å². The second kappa shape index (κ2) is 12.5. The molecule has 0 saturated heterocycles. The van der Waals surface area contributed by atoms with Crippen LogP contribution in [0.25, 0.3) is 0 Å². The van der Waals surface area contributed by atoms with Crippen LogP contribution in [0.15, 0.2) is 30.3 Å². The van der Waals surface area contributed by atoms with Gasteiger partial charge in [0.25, 0.3) is 10.1 Å². The Balaban J connectivity index is 1.78. The van der Waals surface area contributed by atoms with E-state index in [1.165, 1.54) is 63.4 Å². The number of hydrogen-bond acceptors (Lipinski definition) is 2. The van der Waals surface area contributed by atoms with Gasteiger partial charge in [-0.2, -0.15) is 8.42 Å². The fraction of sp³-hybridized carbons (Fsp3) is 0.684. The Kier molecular flexibility index (Phi) is 11.0. The largest absolute Gasteiger partial charge is 0.286 e. The highest BCUT2D eigenvalue weighted by Gasteiger charge is 2.02. The summed E-state index contributed by atoms with van der Waals surface area (Å²) in [5.41, 5.74) is 1.45. The molecule has 0 atom stereocenters. The van der Waals surface area contributed by atoms with Gasteiger partial charge in [0.15, 0.2) is 0 Å². The number of benzene rings is 1. The molecule has 0 radical (unpaired) electrons. The molecule has 1 aromatic carbocycles. The number of unbranched alkanes of at least 4 members (excludes halogenated alkanes) is 10. The minimum atomic E-state index is -3.75. The molecule has 0 aliphatic carbocycles. The van der Waals surface area contributed by atoms with Gasteiger partial charge in [-0.25, -0.2) is 0 Å². The zero-order valence-electron chi connectivity index (χ0n) is 14.3. The predicted octanol–water partition coefficient (Wildman–Crippen LogP) is 5.41. The normalized spacial score (nSPS) is 11.7. The van der Waals surface area contributed by atoms with Crippen molar-refractivity contribution in [2.75, 3.05) is 5.75 Å². The first-order valence-electron chi connectivity index (χ1n) is 9.07. The maximum Gasteiger partial charge on any atom is 0.264 e. The van der Waals surface area contributed by atoms with Crippen LogP contribution in [0.5, 0.6) is 0 Å². The Morgan fingerprint density at radius 1 is 0.652 bits per heavy atom. The molecule has 4 heteroatoms. The van der Waals surface area contributed by atoms with Gasteiger partial charge in [0.1, 0.15) is 0 Å². The molecule has 0 fully saturated rings. The molecule has 1 aromatic rings. The molecule has 0 aliphatic rings. The molecule has 0 saturated carbocycles. The number of rotatable bonds is 14. The Morgan fingerprint density at radius 3 is 1.57 bits per heavy atom. The van der Waals surface area contributed by atoms with Crippen molar-refractivity contribution in [2.45, 2.75) is 77.0 Å². The Hall–Kier alpha value is -0.870. The van der Waals surface area contributed by atoms with Gasteiger partial charge in [0.2, 0.25) is 0 Å². The van der Waals surface area contributed by atoms with Crippen LogP contribution in [0.2, 0.25) is 0 Å². The maximum absolute atomic E-state index is 10.5. The fourth-order valence-corrected chi connectivity index (χ4v) is 3.42. The average molecular weight is 341 g/mol. The van der Waals surface area contributed by atoms with Crippen LogP contribution in [0, 0.1) is 0 Å². The first-order chi connectivity index (χ1) is 11.1. The molecule has 23 heavy (non-hydrogen) atoms. The number of hydrogen-bond donors (Lipinski definition) is 1. The second-order valence-corrected chi connectivity index (χ2v) is 7.98. The van der Waals surface area contributed by atoms with Gasteiger partial charge in [-0.3, -0.25) is 4.55 Å². The lowest BCUT2D eigenvalue weighted by atomic mass is 10.0. The average Bonchev–Trinajstić information content (AvgIpc) is 2.52. The summed E-state index contributed by atoms with van der Waals surface area (Å²) in [4.78, 5) is 0. The summed E-state index contributed by atoms with van der Waals surface area (Å²) in [5, 5.41) is 0. The summed E-state index contributed by atoms with van der Waals surface area (Å²) in [5.74, 6) is -0.0873. The molecule has 0 unspecified atom stereocenters. The standard InChI is InChI=1S/C19H32O3S/c20-23(21,22)18-14-9-7-5-3-1-2-4-6-8-11-15-19-16-12-10-13-17-19/h10,12-13,16-17H,1-9,11,14-15,18H2,(H,20,21,22). The molecular weight excluding hydrogens is 308 g/mol. The van der Waals surface area contributed by atoms with Crippen LogP contribution >= 0.6 is 0 Å². The van der Waals surface area contributed by atoms with Gasteiger partial charge in [-0.05, 0) is 24.8 Å².